The average Bonchev–Trinajstić information content (AvgIpc) is 2.58. The fourth-order valence-corrected chi connectivity index (χ4v) is 2.54. The van der Waals surface area contributed by atoms with Crippen molar-refractivity contribution in [2.45, 2.75) is 19.3 Å². The Labute approximate surface area is 141 Å². The highest BCUT2D eigenvalue weighted by Crippen LogP contribution is 2.16. The van der Waals surface area contributed by atoms with Crippen LogP contribution in [0.3, 0.4) is 0 Å². The molecule has 0 fully saturated rings. The van der Waals surface area contributed by atoms with E-state index in [9.17, 15) is 9.90 Å². The third-order valence-electron chi connectivity index (χ3n) is 3.65. The maximum Gasteiger partial charge on any atom is 0.220 e. The maximum absolute atomic E-state index is 11.9. The first kappa shape index (κ1) is 17.4. The molecule has 0 aliphatic carbocycles. The summed E-state index contributed by atoms with van der Waals surface area (Å²) in [5, 5.41) is 13.0. The molecular weight excluding hydrogens is 312 g/mol. The SMILES string of the molecule is O=C(CCc1ccccc1Cl)NCC(CO)Cc1ccccn1. The number of nitrogens with one attached hydrogen (secondary N) is 1. The minimum absolute atomic E-state index is 0.0152. The van der Waals surface area contributed by atoms with E-state index in [2.05, 4.69) is 10.3 Å². The Morgan fingerprint density at radius 1 is 1.22 bits per heavy atom. The minimum atomic E-state index is -0.0376. The second kappa shape index (κ2) is 9.28. The number of hydrogen-bond donors (Lipinski definition) is 2. The number of aromatic nitrogens is 1. The van der Waals surface area contributed by atoms with E-state index >= 15 is 0 Å². The van der Waals surface area contributed by atoms with E-state index in [-0.39, 0.29) is 18.4 Å². The van der Waals surface area contributed by atoms with Gasteiger partial charge in [0.1, 0.15) is 0 Å². The molecule has 0 saturated carbocycles. The van der Waals surface area contributed by atoms with E-state index in [1.165, 1.54) is 0 Å². The Morgan fingerprint density at radius 2 is 2.00 bits per heavy atom. The highest BCUT2D eigenvalue weighted by atomic mass is 35.5. The van der Waals surface area contributed by atoms with Gasteiger partial charge in [0, 0.05) is 42.4 Å². The summed E-state index contributed by atoms with van der Waals surface area (Å²) in [5.41, 5.74) is 1.88. The third kappa shape index (κ3) is 6.00. The van der Waals surface area contributed by atoms with Gasteiger partial charge in [-0.15, -0.1) is 0 Å². The van der Waals surface area contributed by atoms with E-state index in [1.54, 1.807) is 6.20 Å². The lowest BCUT2D eigenvalue weighted by Gasteiger charge is -2.14. The van der Waals surface area contributed by atoms with Crippen LogP contribution in [0.2, 0.25) is 5.02 Å². The number of pyridine rings is 1. The molecule has 0 spiro atoms. The molecule has 1 heterocycles. The van der Waals surface area contributed by atoms with Crippen molar-refractivity contribution in [1.82, 2.24) is 10.3 Å². The first-order chi connectivity index (χ1) is 11.2. The summed E-state index contributed by atoms with van der Waals surface area (Å²) in [6.07, 6.45) is 3.36. The molecule has 0 aliphatic heterocycles. The largest absolute Gasteiger partial charge is 0.396 e. The zero-order valence-corrected chi connectivity index (χ0v) is 13.7. The van der Waals surface area contributed by atoms with Crippen LogP contribution < -0.4 is 5.32 Å². The molecular formula is C18H21ClN2O2. The van der Waals surface area contributed by atoms with Crippen molar-refractivity contribution in [2.24, 2.45) is 5.92 Å². The lowest BCUT2D eigenvalue weighted by Crippen LogP contribution is -2.32. The first-order valence-corrected chi connectivity index (χ1v) is 8.07. The summed E-state index contributed by atoms with van der Waals surface area (Å²) in [6, 6.07) is 13.2. The van der Waals surface area contributed by atoms with Crippen molar-refractivity contribution >= 4 is 17.5 Å². The number of aliphatic hydroxyl groups is 1. The number of benzene rings is 1. The molecule has 1 unspecified atom stereocenters. The van der Waals surface area contributed by atoms with Crippen molar-refractivity contribution < 1.29 is 9.90 Å². The normalized spacial score (nSPS) is 11.9. The number of amides is 1. The number of nitrogens with zero attached hydrogens (tertiary/aromatic N) is 1. The van der Waals surface area contributed by atoms with Crippen LogP contribution in [-0.4, -0.2) is 29.1 Å². The average molecular weight is 333 g/mol. The van der Waals surface area contributed by atoms with Crippen LogP contribution in [0.5, 0.6) is 0 Å². The summed E-state index contributed by atoms with van der Waals surface area (Å²) < 4.78 is 0. The molecule has 0 bridgehead atoms. The van der Waals surface area contributed by atoms with Crippen LogP contribution >= 0.6 is 11.6 Å². The fraction of sp³-hybridized carbons (Fsp3) is 0.333. The molecule has 23 heavy (non-hydrogen) atoms. The van der Waals surface area contributed by atoms with Gasteiger partial charge >= 0.3 is 0 Å². The number of rotatable bonds is 8. The molecule has 1 aromatic heterocycles. The molecule has 1 aromatic carbocycles. The van der Waals surface area contributed by atoms with Crippen molar-refractivity contribution in [3.05, 3.63) is 64.9 Å². The predicted molar refractivity (Wildman–Crippen MR) is 91.3 cm³/mol. The van der Waals surface area contributed by atoms with Crippen molar-refractivity contribution in [2.75, 3.05) is 13.2 Å². The number of halogens is 1. The Morgan fingerprint density at radius 3 is 2.70 bits per heavy atom. The second-order valence-corrected chi connectivity index (χ2v) is 5.88. The summed E-state index contributed by atoms with van der Waals surface area (Å²) in [5.74, 6) is -0.0708. The van der Waals surface area contributed by atoms with E-state index in [0.29, 0.717) is 30.8 Å². The van der Waals surface area contributed by atoms with Gasteiger partial charge in [-0.2, -0.15) is 0 Å². The number of carbonyl (C=O) groups excluding carboxylic acids is 1. The first-order valence-electron chi connectivity index (χ1n) is 7.70. The minimum Gasteiger partial charge on any atom is -0.396 e. The van der Waals surface area contributed by atoms with Gasteiger partial charge in [-0.25, -0.2) is 0 Å². The van der Waals surface area contributed by atoms with Crippen LogP contribution in [-0.2, 0) is 17.6 Å². The van der Waals surface area contributed by atoms with E-state index < -0.39 is 0 Å². The molecule has 0 aliphatic rings. The molecule has 2 aromatic rings. The molecule has 2 N–H and O–H groups in total. The quantitative estimate of drug-likeness (QED) is 0.781. The smallest absolute Gasteiger partial charge is 0.220 e. The van der Waals surface area contributed by atoms with Crippen molar-refractivity contribution in [3.8, 4) is 0 Å². The molecule has 2 rings (SSSR count). The van der Waals surface area contributed by atoms with Crippen LogP contribution in [0, 0.1) is 5.92 Å². The van der Waals surface area contributed by atoms with Gasteiger partial charge in [-0.3, -0.25) is 9.78 Å². The number of hydrogen-bond acceptors (Lipinski definition) is 3. The van der Waals surface area contributed by atoms with Crippen molar-refractivity contribution in [1.29, 1.82) is 0 Å². The number of carbonyl (C=O) groups is 1. The van der Waals surface area contributed by atoms with Gasteiger partial charge in [0.25, 0.3) is 0 Å². The second-order valence-electron chi connectivity index (χ2n) is 5.47. The number of aliphatic hydroxyl groups excluding tert-OH is 1. The lowest BCUT2D eigenvalue weighted by molar-refractivity contribution is -0.121. The topological polar surface area (TPSA) is 62.2 Å². The summed E-state index contributed by atoms with van der Waals surface area (Å²) in [7, 11) is 0. The Hall–Kier alpha value is -1.91. The van der Waals surface area contributed by atoms with E-state index in [1.807, 2.05) is 42.5 Å². The van der Waals surface area contributed by atoms with Crippen LogP contribution in [0.1, 0.15) is 17.7 Å². The van der Waals surface area contributed by atoms with E-state index in [4.69, 9.17) is 11.6 Å². The molecule has 1 amide bonds. The highest BCUT2D eigenvalue weighted by molar-refractivity contribution is 6.31. The van der Waals surface area contributed by atoms with Crippen LogP contribution in [0.15, 0.2) is 48.7 Å². The monoisotopic (exact) mass is 332 g/mol. The standard InChI is InChI=1S/C18H21ClN2O2/c19-17-7-2-1-5-15(17)8-9-18(23)21-12-14(13-22)11-16-6-3-4-10-20-16/h1-7,10,14,22H,8-9,11-13H2,(H,21,23). The molecule has 0 saturated heterocycles. The van der Waals surface area contributed by atoms with Gasteiger partial charge < -0.3 is 10.4 Å². The van der Waals surface area contributed by atoms with Gasteiger partial charge in [-0.05, 0) is 36.6 Å². The van der Waals surface area contributed by atoms with E-state index in [0.717, 1.165) is 11.3 Å². The molecule has 4 nitrogen and oxygen atoms in total. The highest BCUT2D eigenvalue weighted by Gasteiger charge is 2.11. The fourth-order valence-electron chi connectivity index (χ4n) is 2.31. The Kier molecular flexibility index (Phi) is 7.04. The Bertz CT molecular complexity index is 619. The molecule has 0 radical (unpaired) electrons. The van der Waals surface area contributed by atoms with Crippen molar-refractivity contribution in [3.63, 3.8) is 0 Å². The van der Waals surface area contributed by atoms with Gasteiger partial charge in [0.2, 0.25) is 5.91 Å². The maximum atomic E-state index is 11.9. The van der Waals surface area contributed by atoms with Gasteiger partial charge in [0.15, 0.2) is 0 Å². The summed E-state index contributed by atoms with van der Waals surface area (Å²) in [4.78, 5) is 16.2. The zero-order chi connectivity index (χ0) is 16.5. The predicted octanol–water partition coefficient (Wildman–Crippen LogP) is 2.64. The molecule has 5 heteroatoms. The molecule has 122 valence electrons. The zero-order valence-electron chi connectivity index (χ0n) is 12.9. The van der Waals surface area contributed by atoms with Crippen LogP contribution in [0.25, 0.3) is 0 Å². The summed E-state index contributed by atoms with van der Waals surface area (Å²) in [6.45, 7) is 0.454. The lowest BCUT2D eigenvalue weighted by atomic mass is 10.0. The van der Waals surface area contributed by atoms with Crippen LogP contribution in [0.4, 0.5) is 0 Å². The Balaban J connectivity index is 1.75. The number of aryl methyl sites for hydroxylation is 1. The molecule has 1 atom stereocenters. The van der Waals surface area contributed by atoms with Gasteiger partial charge in [0.05, 0.1) is 0 Å². The third-order valence-corrected chi connectivity index (χ3v) is 4.02. The van der Waals surface area contributed by atoms with Gasteiger partial charge in [-0.1, -0.05) is 35.9 Å². The summed E-state index contributed by atoms with van der Waals surface area (Å²) >= 11 is 6.08.